The number of hydrogen-bond acceptors (Lipinski definition) is 2. The maximum Gasteiger partial charge on any atom is 0.325 e. The van der Waals surface area contributed by atoms with Crippen LogP contribution in [0.25, 0.3) is 0 Å². The highest BCUT2D eigenvalue weighted by Crippen LogP contribution is 2.26. The molecule has 0 bridgehead atoms. The van der Waals surface area contributed by atoms with Gasteiger partial charge in [-0.3, -0.25) is 10.1 Å². The van der Waals surface area contributed by atoms with E-state index in [2.05, 4.69) is 5.32 Å². The van der Waals surface area contributed by atoms with Gasteiger partial charge in [-0.1, -0.05) is 17.7 Å². The van der Waals surface area contributed by atoms with Crippen molar-refractivity contribution in [2.24, 2.45) is 0 Å². The zero-order chi connectivity index (χ0) is 11.7. The Balaban J connectivity index is 2.22. The Hall–Kier alpha value is -1.13. The maximum atomic E-state index is 12.9. The second-order valence-electron chi connectivity index (χ2n) is 3.89. The van der Waals surface area contributed by atoms with E-state index in [0.717, 1.165) is 12.8 Å². The summed E-state index contributed by atoms with van der Waals surface area (Å²) in [5.74, 6) is -1.52. The highest BCUT2D eigenvalue weighted by atomic mass is 35.5. The molecular weight excluding hydrogens is 233 g/mol. The van der Waals surface area contributed by atoms with Gasteiger partial charge in [0.15, 0.2) is 0 Å². The molecule has 0 saturated heterocycles. The number of halogens is 2. The van der Waals surface area contributed by atoms with Crippen molar-refractivity contribution < 1.29 is 14.3 Å². The second-order valence-corrected chi connectivity index (χ2v) is 4.29. The lowest BCUT2D eigenvalue weighted by Gasteiger charge is -2.14. The first-order valence-electron chi connectivity index (χ1n) is 5.01. The minimum absolute atomic E-state index is 0.0543. The van der Waals surface area contributed by atoms with Gasteiger partial charge in [0.05, 0.1) is 5.02 Å². The van der Waals surface area contributed by atoms with Crippen LogP contribution in [-0.2, 0) is 4.79 Å². The molecule has 1 aromatic rings. The zero-order valence-electron chi connectivity index (χ0n) is 8.41. The fourth-order valence-electron chi connectivity index (χ4n) is 1.49. The van der Waals surface area contributed by atoms with Crippen LogP contribution in [0.1, 0.15) is 24.4 Å². The average Bonchev–Trinajstić information content (AvgIpc) is 3.02. The smallest absolute Gasteiger partial charge is 0.325 e. The van der Waals surface area contributed by atoms with Crippen molar-refractivity contribution in [3.63, 3.8) is 0 Å². The zero-order valence-corrected chi connectivity index (χ0v) is 9.17. The molecule has 1 unspecified atom stereocenters. The summed E-state index contributed by atoms with van der Waals surface area (Å²) in [4.78, 5) is 11.1. The number of carboxylic acid groups (broad SMARTS) is 1. The van der Waals surface area contributed by atoms with Crippen molar-refractivity contribution in [1.29, 1.82) is 0 Å². The van der Waals surface area contributed by atoms with Gasteiger partial charge in [-0.05, 0) is 30.5 Å². The van der Waals surface area contributed by atoms with Crippen molar-refractivity contribution in [2.75, 3.05) is 0 Å². The van der Waals surface area contributed by atoms with Crippen molar-refractivity contribution in [1.82, 2.24) is 5.32 Å². The SMILES string of the molecule is O=C(O)C(NC1CC1)c1ccc(F)c(Cl)c1. The maximum absolute atomic E-state index is 12.9. The molecule has 0 heterocycles. The van der Waals surface area contributed by atoms with Crippen molar-refractivity contribution in [3.8, 4) is 0 Å². The lowest BCUT2D eigenvalue weighted by Crippen LogP contribution is -2.30. The summed E-state index contributed by atoms with van der Waals surface area (Å²) >= 11 is 5.62. The summed E-state index contributed by atoms with van der Waals surface area (Å²) < 4.78 is 12.9. The number of hydrogen-bond donors (Lipinski definition) is 2. The molecule has 0 aliphatic heterocycles. The van der Waals surface area contributed by atoms with Crippen molar-refractivity contribution in [3.05, 3.63) is 34.6 Å². The van der Waals surface area contributed by atoms with Crippen LogP contribution in [0.2, 0.25) is 5.02 Å². The van der Waals surface area contributed by atoms with Gasteiger partial charge in [0.1, 0.15) is 11.9 Å². The van der Waals surface area contributed by atoms with Crippen LogP contribution in [0.5, 0.6) is 0 Å². The molecule has 1 fully saturated rings. The Bertz CT molecular complexity index is 420. The van der Waals surface area contributed by atoms with Gasteiger partial charge in [-0.2, -0.15) is 0 Å². The molecule has 2 rings (SSSR count). The van der Waals surface area contributed by atoms with Gasteiger partial charge < -0.3 is 5.11 Å². The van der Waals surface area contributed by atoms with Gasteiger partial charge >= 0.3 is 5.97 Å². The van der Waals surface area contributed by atoms with Crippen molar-refractivity contribution in [2.45, 2.75) is 24.9 Å². The van der Waals surface area contributed by atoms with E-state index in [0.29, 0.717) is 5.56 Å². The number of carbonyl (C=O) groups is 1. The van der Waals surface area contributed by atoms with Crippen LogP contribution in [0.3, 0.4) is 0 Å². The van der Waals surface area contributed by atoms with E-state index < -0.39 is 17.8 Å². The first kappa shape index (κ1) is 11.4. The third-order valence-corrected chi connectivity index (χ3v) is 2.79. The molecule has 16 heavy (non-hydrogen) atoms. The highest BCUT2D eigenvalue weighted by Gasteiger charge is 2.29. The summed E-state index contributed by atoms with van der Waals surface area (Å²) in [6.07, 6.45) is 1.97. The minimum Gasteiger partial charge on any atom is -0.480 e. The predicted molar refractivity (Wildman–Crippen MR) is 57.9 cm³/mol. The van der Waals surface area contributed by atoms with E-state index in [-0.39, 0.29) is 11.1 Å². The fraction of sp³-hybridized carbons (Fsp3) is 0.364. The number of nitrogens with one attached hydrogen (secondary N) is 1. The molecule has 1 atom stereocenters. The molecule has 0 aromatic heterocycles. The summed E-state index contributed by atoms with van der Waals surface area (Å²) in [7, 11) is 0. The van der Waals surface area contributed by atoms with E-state index in [9.17, 15) is 9.18 Å². The van der Waals surface area contributed by atoms with Gasteiger partial charge in [0.25, 0.3) is 0 Å². The lowest BCUT2D eigenvalue weighted by molar-refractivity contribution is -0.139. The Morgan fingerprint density at radius 1 is 1.56 bits per heavy atom. The van der Waals surface area contributed by atoms with Gasteiger partial charge in [-0.25, -0.2) is 4.39 Å². The largest absolute Gasteiger partial charge is 0.480 e. The van der Waals surface area contributed by atoms with E-state index in [4.69, 9.17) is 16.7 Å². The van der Waals surface area contributed by atoms with Gasteiger partial charge in [0, 0.05) is 6.04 Å². The lowest BCUT2D eigenvalue weighted by atomic mass is 10.1. The first-order valence-corrected chi connectivity index (χ1v) is 5.39. The molecule has 86 valence electrons. The van der Waals surface area contributed by atoms with E-state index in [1.807, 2.05) is 0 Å². The van der Waals surface area contributed by atoms with Crippen LogP contribution in [0.4, 0.5) is 4.39 Å². The summed E-state index contributed by atoms with van der Waals surface area (Å²) in [5.41, 5.74) is 0.478. The first-order chi connectivity index (χ1) is 7.58. The predicted octanol–water partition coefficient (Wildman–Crippen LogP) is 2.36. The Kier molecular flexibility index (Phi) is 3.12. The molecule has 0 amide bonds. The Morgan fingerprint density at radius 2 is 2.25 bits per heavy atom. The van der Waals surface area contributed by atoms with Gasteiger partial charge in [0.2, 0.25) is 0 Å². The van der Waals surface area contributed by atoms with Crippen LogP contribution < -0.4 is 5.32 Å². The molecule has 1 aromatic carbocycles. The number of aliphatic carboxylic acids is 1. The fourth-order valence-corrected chi connectivity index (χ4v) is 1.68. The summed E-state index contributed by atoms with van der Waals surface area (Å²) in [6, 6.07) is 3.42. The van der Waals surface area contributed by atoms with Crippen LogP contribution in [-0.4, -0.2) is 17.1 Å². The van der Waals surface area contributed by atoms with Crippen LogP contribution in [0, 0.1) is 5.82 Å². The molecule has 1 aliphatic carbocycles. The molecule has 2 N–H and O–H groups in total. The summed E-state index contributed by atoms with van der Waals surface area (Å²) in [5, 5.41) is 12.0. The Morgan fingerprint density at radius 3 is 2.75 bits per heavy atom. The quantitative estimate of drug-likeness (QED) is 0.854. The molecule has 0 radical (unpaired) electrons. The normalized spacial score (nSPS) is 17.1. The van der Waals surface area contributed by atoms with Crippen LogP contribution in [0.15, 0.2) is 18.2 Å². The van der Waals surface area contributed by atoms with Crippen LogP contribution >= 0.6 is 11.6 Å². The second kappa shape index (κ2) is 4.39. The molecule has 0 spiro atoms. The number of rotatable bonds is 4. The molecular formula is C11H11ClFNO2. The molecule has 1 saturated carbocycles. The van der Waals surface area contributed by atoms with Crippen molar-refractivity contribution >= 4 is 17.6 Å². The Labute approximate surface area is 97.2 Å². The third kappa shape index (κ3) is 2.51. The van der Waals surface area contributed by atoms with E-state index in [1.165, 1.54) is 18.2 Å². The average molecular weight is 244 g/mol. The molecule has 5 heteroatoms. The van der Waals surface area contributed by atoms with E-state index in [1.54, 1.807) is 0 Å². The molecule has 1 aliphatic rings. The topological polar surface area (TPSA) is 49.3 Å². The minimum atomic E-state index is -0.977. The summed E-state index contributed by atoms with van der Waals surface area (Å²) in [6.45, 7) is 0. The van der Waals surface area contributed by atoms with E-state index >= 15 is 0 Å². The highest BCUT2D eigenvalue weighted by molar-refractivity contribution is 6.30. The monoisotopic (exact) mass is 243 g/mol. The molecule has 3 nitrogen and oxygen atoms in total. The number of carboxylic acids is 1. The van der Waals surface area contributed by atoms with Gasteiger partial charge in [-0.15, -0.1) is 0 Å². The standard InChI is InChI=1S/C11H11ClFNO2/c12-8-5-6(1-4-9(8)13)10(11(15)16)14-7-2-3-7/h1,4-5,7,10,14H,2-3H2,(H,15,16). The number of benzene rings is 1. The third-order valence-electron chi connectivity index (χ3n) is 2.50.